The zero-order valence-corrected chi connectivity index (χ0v) is 5.54. The highest BCUT2D eigenvalue weighted by molar-refractivity contribution is 5.71. The first-order valence-electron chi connectivity index (χ1n) is 3.32. The van der Waals surface area contributed by atoms with Crippen molar-refractivity contribution in [1.29, 1.82) is 0 Å². The predicted molar refractivity (Wildman–Crippen MR) is 32.0 cm³/mol. The van der Waals surface area contributed by atoms with E-state index in [0.717, 1.165) is 0 Å². The highest BCUT2D eigenvalue weighted by Gasteiger charge is 2.18. The van der Waals surface area contributed by atoms with Crippen molar-refractivity contribution in [1.82, 2.24) is 5.32 Å². The van der Waals surface area contributed by atoms with Crippen LogP contribution in [0.25, 0.3) is 0 Å². The van der Waals surface area contributed by atoms with Gasteiger partial charge in [-0.25, -0.2) is 0 Å². The zero-order valence-electron chi connectivity index (χ0n) is 5.54. The Labute approximate surface area is 58.9 Å². The second-order valence-corrected chi connectivity index (χ2v) is 2.51. The van der Waals surface area contributed by atoms with Gasteiger partial charge in [0.2, 0.25) is 0 Å². The van der Waals surface area contributed by atoms with Gasteiger partial charge in [-0.05, 0) is 12.8 Å². The van der Waals surface area contributed by atoms with Crippen LogP contribution in [0.2, 0.25) is 0 Å². The minimum absolute atomic E-state index is 0.360. The van der Waals surface area contributed by atoms with Crippen molar-refractivity contribution < 1.29 is 15.0 Å². The van der Waals surface area contributed by atoms with E-state index in [9.17, 15) is 9.90 Å². The van der Waals surface area contributed by atoms with Crippen LogP contribution in [0.5, 0.6) is 0 Å². The Hall–Kier alpha value is -0.610. The molecule has 2 atom stereocenters. The maximum absolute atomic E-state index is 10.2. The van der Waals surface area contributed by atoms with Crippen LogP contribution in [0, 0.1) is 0 Å². The largest absolute Gasteiger partial charge is 0.548 e. The van der Waals surface area contributed by atoms with E-state index in [1.165, 1.54) is 0 Å². The summed E-state index contributed by atoms with van der Waals surface area (Å²) in [4.78, 5) is 10.2. The first kappa shape index (κ1) is 7.50. The first-order chi connectivity index (χ1) is 4.70. The third-order valence-corrected chi connectivity index (χ3v) is 1.67. The lowest BCUT2D eigenvalue weighted by molar-refractivity contribution is -0.309. The molecule has 0 aliphatic carbocycles. The number of carboxylic acid groups (broad SMARTS) is 1. The standard InChI is InChI=1S/C6H11NO3/c8-4-1-2-5(6(9)10)7-3-4/h4-5,7-8H,1-3H2,(H,9,10)/p-1. The van der Waals surface area contributed by atoms with E-state index >= 15 is 0 Å². The number of aliphatic hydroxyl groups excluding tert-OH is 1. The fourth-order valence-electron chi connectivity index (χ4n) is 1.04. The van der Waals surface area contributed by atoms with Crippen LogP contribution in [0.4, 0.5) is 0 Å². The summed E-state index contributed by atoms with van der Waals surface area (Å²) < 4.78 is 0. The Balaban J connectivity index is 2.33. The number of carbonyl (C=O) groups excluding carboxylic acids is 1. The summed E-state index contributed by atoms with van der Waals surface area (Å²) in [6.07, 6.45) is 0.616. The third kappa shape index (κ3) is 1.68. The lowest BCUT2D eigenvalue weighted by Gasteiger charge is -2.27. The summed E-state index contributed by atoms with van der Waals surface area (Å²) in [7, 11) is 0. The van der Waals surface area contributed by atoms with Crippen LogP contribution in [-0.2, 0) is 4.79 Å². The van der Waals surface area contributed by atoms with E-state index in [1.54, 1.807) is 0 Å². The van der Waals surface area contributed by atoms with Crippen molar-refractivity contribution in [3.05, 3.63) is 0 Å². The van der Waals surface area contributed by atoms with E-state index < -0.39 is 18.1 Å². The molecule has 1 fully saturated rings. The summed E-state index contributed by atoms with van der Waals surface area (Å²) in [6, 6.07) is -0.566. The van der Waals surface area contributed by atoms with Gasteiger partial charge in [-0.15, -0.1) is 0 Å². The molecule has 0 radical (unpaired) electrons. The minimum Gasteiger partial charge on any atom is -0.548 e. The van der Waals surface area contributed by atoms with Crippen LogP contribution in [0.15, 0.2) is 0 Å². The van der Waals surface area contributed by atoms with Crippen LogP contribution < -0.4 is 10.4 Å². The van der Waals surface area contributed by atoms with Gasteiger partial charge in [0.1, 0.15) is 0 Å². The maximum Gasteiger partial charge on any atom is 0.0665 e. The average Bonchev–Trinajstić information content (AvgIpc) is 1.88. The molecule has 0 aromatic rings. The lowest BCUT2D eigenvalue weighted by atomic mass is 10.0. The topological polar surface area (TPSA) is 72.4 Å². The van der Waals surface area contributed by atoms with Gasteiger partial charge in [-0.3, -0.25) is 0 Å². The molecule has 1 heterocycles. The highest BCUT2D eigenvalue weighted by Crippen LogP contribution is 2.06. The highest BCUT2D eigenvalue weighted by atomic mass is 16.4. The molecule has 1 aliphatic heterocycles. The van der Waals surface area contributed by atoms with Crippen molar-refractivity contribution in [2.75, 3.05) is 6.54 Å². The van der Waals surface area contributed by atoms with Gasteiger partial charge in [-0.1, -0.05) is 0 Å². The number of piperidine rings is 1. The number of rotatable bonds is 1. The average molecular weight is 144 g/mol. The summed E-state index contributed by atoms with van der Waals surface area (Å²) in [5.74, 6) is -1.08. The SMILES string of the molecule is O=C([O-])C1CCC(O)CN1. The predicted octanol–water partition coefficient (Wildman–Crippen LogP) is -2.15. The number of aliphatic hydroxyl groups is 1. The van der Waals surface area contributed by atoms with Gasteiger partial charge < -0.3 is 20.3 Å². The fourth-order valence-corrected chi connectivity index (χ4v) is 1.04. The molecule has 0 aromatic heterocycles. The molecule has 0 aromatic carbocycles. The summed E-state index contributed by atoms with van der Waals surface area (Å²) in [5.41, 5.74) is 0. The van der Waals surface area contributed by atoms with Gasteiger partial charge >= 0.3 is 0 Å². The normalized spacial score (nSPS) is 33.7. The Morgan fingerprint density at radius 2 is 2.30 bits per heavy atom. The van der Waals surface area contributed by atoms with Crippen molar-refractivity contribution in [3.8, 4) is 0 Å². The summed E-state index contributed by atoms with van der Waals surface area (Å²) >= 11 is 0. The number of hydrogen-bond donors (Lipinski definition) is 2. The van der Waals surface area contributed by atoms with E-state index in [4.69, 9.17) is 5.11 Å². The van der Waals surface area contributed by atoms with E-state index in [1.807, 2.05) is 0 Å². The molecule has 1 rings (SSSR count). The van der Waals surface area contributed by atoms with Crippen LogP contribution in [0.3, 0.4) is 0 Å². The molecule has 2 N–H and O–H groups in total. The molecule has 1 saturated heterocycles. The van der Waals surface area contributed by atoms with Crippen LogP contribution in [-0.4, -0.2) is 29.8 Å². The molecule has 0 amide bonds. The van der Waals surface area contributed by atoms with Crippen molar-refractivity contribution in [2.45, 2.75) is 25.0 Å². The summed E-state index contributed by atoms with van der Waals surface area (Å²) in [5, 5.41) is 21.8. The Morgan fingerprint density at radius 1 is 1.60 bits per heavy atom. The molecule has 0 saturated carbocycles. The molecular weight excluding hydrogens is 134 g/mol. The van der Waals surface area contributed by atoms with E-state index in [-0.39, 0.29) is 0 Å². The van der Waals surface area contributed by atoms with Gasteiger partial charge in [0.05, 0.1) is 12.1 Å². The smallest absolute Gasteiger partial charge is 0.0665 e. The van der Waals surface area contributed by atoms with Crippen molar-refractivity contribution in [3.63, 3.8) is 0 Å². The molecule has 0 bridgehead atoms. The Morgan fingerprint density at radius 3 is 2.70 bits per heavy atom. The Bertz CT molecular complexity index is 129. The quantitative estimate of drug-likeness (QED) is 0.440. The van der Waals surface area contributed by atoms with E-state index in [2.05, 4.69) is 5.32 Å². The summed E-state index contributed by atoms with van der Waals surface area (Å²) in [6.45, 7) is 0.360. The van der Waals surface area contributed by atoms with Crippen molar-refractivity contribution in [2.24, 2.45) is 0 Å². The molecule has 4 nitrogen and oxygen atoms in total. The zero-order chi connectivity index (χ0) is 7.56. The monoisotopic (exact) mass is 144 g/mol. The number of β-amino-alcohol motifs (C(OH)–C–C–N with tert-alkyl or cyclic N) is 1. The number of nitrogens with one attached hydrogen (secondary N) is 1. The minimum atomic E-state index is -1.08. The molecule has 10 heavy (non-hydrogen) atoms. The molecule has 0 spiro atoms. The number of carboxylic acids is 1. The van der Waals surface area contributed by atoms with Gasteiger partial charge in [0.15, 0.2) is 0 Å². The molecule has 2 unspecified atom stereocenters. The van der Waals surface area contributed by atoms with Crippen molar-refractivity contribution >= 4 is 5.97 Å². The second-order valence-electron chi connectivity index (χ2n) is 2.51. The van der Waals surface area contributed by atoms with Crippen LogP contribution in [0.1, 0.15) is 12.8 Å². The molecule has 58 valence electrons. The number of aliphatic carboxylic acids is 1. The van der Waals surface area contributed by atoms with Gasteiger partial charge in [0.25, 0.3) is 0 Å². The first-order valence-corrected chi connectivity index (χ1v) is 3.32. The third-order valence-electron chi connectivity index (χ3n) is 1.67. The lowest BCUT2D eigenvalue weighted by Crippen LogP contribution is -2.51. The fraction of sp³-hybridized carbons (Fsp3) is 0.833. The van der Waals surface area contributed by atoms with Gasteiger partial charge in [-0.2, -0.15) is 0 Å². The number of carbonyl (C=O) groups is 1. The Kier molecular flexibility index (Phi) is 2.24. The second kappa shape index (κ2) is 2.98. The van der Waals surface area contributed by atoms with Gasteiger partial charge in [0, 0.05) is 12.6 Å². The molecule has 1 aliphatic rings. The van der Waals surface area contributed by atoms with Crippen LogP contribution >= 0.6 is 0 Å². The number of hydrogen-bond acceptors (Lipinski definition) is 4. The molecule has 4 heteroatoms. The maximum atomic E-state index is 10.2. The van der Waals surface area contributed by atoms with E-state index in [0.29, 0.717) is 19.4 Å². The molecular formula is C6H10NO3-.